The molecule has 1 unspecified atom stereocenters. The highest BCUT2D eigenvalue weighted by Gasteiger charge is 2.25. The van der Waals surface area contributed by atoms with E-state index in [9.17, 15) is 0 Å². The van der Waals surface area contributed by atoms with Crippen molar-refractivity contribution in [3.8, 4) is 0 Å². The first-order valence-corrected chi connectivity index (χ1v) is 7.58. The van der Waals surface area contributed by atoms with Gasteiger partial charge in [0, 0.05) is 6.04 Å². The molecule has 1 aromatic carbocycles. The first-order chi connectivity index (χ1) is 8.61. The van der Waals surface area contributed by atoms with Crippen molar-refractivity contribution in [1.82, 2.24) is 0 Å². The fraction of sp³-hybridized carbons (Fsp3) is 0.600. The predicted molar refractivity (Wildman–Crippen MR) is 79.1 cm³/mol. The second-order valence-corrected chi connectivity index (χ2v) is 6.20. The van der Waals surface area contributed by atoms with Gasteiger partial charge in [-0.05, 0) is 42.4 Å². The third kappa shape index (κ3) is 3.20. The smallest absolute Gasteiger partial charge is 0.0595 e. The van der Waals surface area contributed by atoms with Crippen molar-refractivity contribution in [2.75, 3.05) is 0 Å². The minimum atomic E-state index is 0.0950. The van der Waals surface area contributed by atoms with E-state index in [1.54, 1.807) is 0 Å². The summed E-state index contributed by atoms with van der Waals surface area (Å²) in [5.74, 6) is 1.49. The first-order valence-electron chi connectivity index (χ1n) is 6.82. The minimum Gasteiger partial charge on any atom is -0.324 e. The maximum Gasteiger partial charge on any atom is 0.0595 e. The van der Waals surface area contributed by atoms with E-state index in [4.69, 9.17) is 28.9 Å². The van der Waals surface area contributed by atoms with Gasteiger partial charge in [0.1, 0.15) is 0 Å². The number of hydrogen-bond donors (Lipinski definition) is 1. The normalized spacial score (nSPS) is 26.0. The highest BCUT2D eigenvalue weighted by Crippen LogP contribution is 2.37. The lowest BCUT2D eigenvalue weighted by molar-refractivity contribution is 0.240. The molecule has 3 heteroatoms. The summed E-state index contributed by atoms with van der Waals surface area (Å²) in [6.45, 7) is 2.28. The van der Waals surface area contributed by atoms with E-state index in [1.807, 2.05) is 18.2 Å². The largest absolute Gasteiger partial charge is 0.324 e. The Morgan fingerprint density at radius 3 is 2.39 bits per heavy atom. The van der Waals surface area contributed by atoms with Gasteiger partial charge in [-0.15, -0.1) is 0 Å². The molecule has 1 saturated carbocycles. The maximum absolute atomic E-state index is 6.37. The van der Waals surface area contributed by atoms with Crippen LogP contribution < -0.4 is 5.73 Å². The van der Waals surface area contributed by atoms with Gasteiger partial charge in [0.15, 0.2) is 0 Å². The fourth-order valence-corrected chi connectivity index (χ4v) is 3.25. The zero-order chi connectivity index (χ0) is 13.1. The Morgan fingerprint density at radius 1 is 1.17 bits per heavy atom. The van der Waals surface area contributed by atoms with Crippen LogP contribution in [0, 0.1) is 11.8 Å². The molecule has 0 aliphatic heterocycles. The van der Waals surface area contributed by atoms with Crippen LogP contribution in [-0.2, 0) is 0 Å². The van der Waals surface area contributed by atoms with Crippen molar-refractivity contribution in [3.05, 3.63) is 33.8 Å². The lowest BCUT2D eigenvalue weighted by Crippen LogP contribution is -2.25. The van der Waals surface area contributed by atoms with Gasteiger partial charge in [-0.2, -0.15) is 0 Å². The van der Waals surface area contributed by atoms with Crippen LogP contribution in [0.3, 0.4) is 0 Å². The Morgan fingerprint density at radius 2 is 1.83 bits per heavy atom. The zero-order valence-corrected chi connectivity index (χ0v) is 12.3. The lowest BCUT2D eigenvalue weighted by Gasteiger charge is -2.32. The first kappa shape index (κ1) is 14.2. The molecule has 0 saturated heterocycles. The molecule has 1 aliphatic rings. The van der Waals surface area contributed by atoms with Crippen molar-refractivity contribution >= 4 is 23.2 Å². The van der Waals surface area contributed by atoms with Crippen LogP contribution in [0.25, 0.3) is 0 Å². The Hall–Kier alpha value is -0.240. The van der Waals surface area contributed by atoms with Crippen molar-refractivity contribution in [2.24, 2.45) is 17.6 Å². The number of nitrogens with two attached hydrogens (primary N) is 1. The monoisotopic (exact) mass is 285 g/mol. The molecule has 1 aliphatic carbocycles. The summed E-state index contributed by atoms with van der Waals surface area (Å²) in [7, 11) is 0. The Balaban J connectivity index is 2.03. The van der Waals surface area contributed by atoms with Gasteiger partial charge in [-0.3, -0.25) is 0 Å². The Labute approximate surface area is 120 Å². The Kier molecular flexibility index (Phi) is 4.94. The highest BCUT2D eigenvalue weighted by atomic mass is 35.5. The molecule has 0 radical (unpaired) electrons. The van der Waals surface area contributed by atoms with Crippen LogP contribution in [-0.4, -0.2) is 0 Å². The average molecular weight is 286 g/mol. The Bertz CT molecular complexity index is 397. The quantitative estimate of drug-likeness (QED) is 0.811. The van der Waals surface area contributed by atoms with Crippen molar-refractivity contribution < 1.29 is 0 Å². The van der Waals surface area contributed by atoms with E-state index in [-0.39, 0.29) is 6.04 Å². The van der Waals surface area contributed by atoms with E-state index < -0.39 is 0 Å². The molecule has 1 nitrogen and oxygen atoms in total. The molecule has 0 bridgehead atoms. The van der Waals surface area contributed by atoms with Crippen LogP contribution in [0.5, 0.6) is 0 Å². The molecule has 100 valence electrons. The molecule has 0 aromatic heterocycles. The number of halogens is 2. The molecular formula is C15H21Cl2N. The molecular weight excluding hydrogens is 265 g/mol. The SMILES string of the molecule is CCC1CCC(C(N)c2ccc(Cl)c(Cl)c2)CC1. The van der Waals surface area contributed by atoms with E-state index in [2.05, 4.69) is 6.92 Å². The molecule has 18 heavy (non-hydrogen) atoms. The molecule has 1 aromatic rings. The minimum absolute atomic E-state index is 0.0950. The molecule has 1 fully saturated rings. The van der Waals surface area contributed by atoms with Crippen molar-refractivity contribution in [3.63, 3.8) is 0 Å². The molecule has 0 heterocycles. The van der Waals surface area contributed by atoms with Gasteiger partial charge < -0.3 is 5.73 Å². The van der Waals surface area contributed by atoms with E-state index >= 15 is 0 Å². The molecule has 0 amide bonds. The van der Waals surface area contributed by atoms with E-state index in [1.165, 1.54) is 32.1 Å². The summed E-state index contributed by atoms with van der Waals surface area (Å²) < 4.78 is 0. The van der Waals surface area contributed by atoms with Gasteiger partial charge in [-0.25, -0.2) is 0 Å². The third-order valence-corrected chi connectivity index (χ3v) is 5.04. The predicted octanol–water partition coefficient (Wildman–Crippen LogP) is 5.21. The second-order valence-electron chi connectivity index (χ2n) is 5.39. The molecule has 2 rings (SSSR count). The number of rotatable bonds is 3. The van der Waals surface area contributed by atoms with Gasteiger partial charge >= 0.3 is 0 Å². The maximum atomic E-state index is 6.37. The summed E-state index contributed by atoms with van der Waals surface area (Å²) >= 11 is 12.0. The second kappa shape index (κ2) is 6.27. The van der Waals surface area contributed by atoms with Crippen LogP contribution in [0.15, 0.2) is 18.2 Å². The standard InChI is InChI=1S/C15H21Cl2N/c1-2-10-3-5-11(6-4-10)15(18)12-7-8-13(16)14(17)9-12/h7-11,15H,2-6,18H2,1H3. The van der Waals surface area contributed by atoms with Gasteiger partial charge in [0.2, 0.25) is 0 Å². The van der Waals surface area contributed by atoms with Gasteiger partial charge in [-0.1, -0.05) is 55.5 Å². The van der Waals surface area contributed by atoms with Crippen LogP contribution in [0.1, 0.15) is 50.6 Å². The highest BCUT2D eigenvalue weighted by molar-refractivity contribution is 6.42. The summed E-state index contributed by atoms with van der Waals surface area (Å²) in [6, 6.07) is 5.86. The molecule has 1 atom stereocenters. The van der Waals surface area contributed by atoms with E-state index in [0.29, 0.717) is 16.0 Å². The fourth-order valence-electron chi connectivity index (χ4n) is 2.95. The van der Waals surface area contributed by atoms with Crippen molar-refractivity contribution in [2.45, 2.75) is 45.1 Å². The lowest BCUT2D eigenvalue weighted by atomic mass is 9.76. The molecule has 0 spiro atoms. The van der Waals surface area contributed by atoms with Gasteiger partial charge in [0.25, 0.3) is 0 Å². The van der Waals surface area contributed by atoms with Crippen LogP contribution >= 0.6 is 23.2 Å². The van der Waals surface area contributed by atoms with Crippen LogP contribution in [0.2, 0.25) is 10.0 Å². The third-order valence-electron chi connectivity index (χ3n) is 4.31. The van der Waals surface area contributed by atoms with E-state index in [0.717, 1.165) is 11.5 Å². The zero-order valence-electron chi connectivity index (χ0n) is 10.8. The average Bonchev–Trinajstić information content (AvgIpc) is 2.41. The summed E-state index contributed by atoms with van der Waals surface area (Å²) in [6.07, 6.45) is 6.40. The number of benzene rings is 1. The van der Waals surface area contributed by atoms with Crippen molar-refractivity contribution in [1.29, 1.82) is 0 Å². The summed E-state index contributed by atoms with van der Waals surface area (Å²) in [5, 5.41) is 1.20. The summed E-state index contributed by atoms with van der Waals surface area (Å²) in [5.41, 5.74) is 7.49. The number of hydrogen-bond acceptors (Lipinski definition) is 1. The molecule has 2 N–H and O–H groups in total. The topological polar surface area (TPSA) is 26.0 Å². The summed E-state index contributed by atoms with van der Waals surface area (Å²) in [4.78, 5) is 0. The van der Waals surface area contributed by atoms with Gasteiger partial charge in [0.05, 0.1) is 10.0 Å². The van der Waals surface area contributed by atoms with Crippen LogP contribution in [0.4, 0.5) is 0 Å².